The number of hydrogen-bond acceptors (Lipinski definition) is 13. The van der Waals surface area contributed by atoms with Crippen molar-refractivity contribution in [2.45, 2.75) is 101 Å². The van der Waals surface area contributed by atoms with Gasteiger partial charge in [-0.25, -0.2) is 9.78 Å². The van der Waals surface area contributed by atoms with Crippen molar-refractivity contribution < 1.29 is 59.3 Å². The zero-order valence-corrected chi connectivity index (χ0v) is 32.6. The van der Waals surface area contributed by atoms with Gasteiger partial charge in [0, 0.05) is 50.1 Å². The van der Waals surface area contributed by atoms with E-state index in [4.69, 9.17) is 18.9 Å². The normalized spacial score (nSPS) is 27.8. The maximum atomic E-state index is 13.7. The molecule has 58 heavy (non-hydrogen) atoms. The number of fused-ring (bicyclic) bond motifs is 3. The molecule has 1 spiro atoms. The summed E-state index contributed by atoms with van der Waals surface area (Å²) in [4.78, 5) is 43.9. The highest BCUT2D eigenvalue weighted by Gasteiger charge is 2.54. The number of allylic oxidation sites excluding steroid dienone is 2. The van der Waals surface area contributed by atoms with Crippen molar-refractivity contribution in [2.75, 3.05) is 26.3 Å². The highest BCUT2D eigenvalue weighted by atomic mass is 17.2. The van der Waals surface area contributed by atoms with E-state index in [2.05, 4.69) is 17.2 Å². The highest BCUT2D eigenvalue weighted by Crippen LogP contribution is 2.50. The van der Waals surface area contributed by atoms with E-state index in [0.29, 0.717) is 78.1 Å². The molecule has 15 heteroatoms. The van der Waals surface area contributed by atoms with Crippen LogP contribution in [-0.2, 0) is 27.4 Å². The smallest absolute Gasteiger partial charge is 0.222 e. The van der Waals surface area contributed by atoms with Crippen molar-refractivity contribution in [3.8, 4) is 11.5 Å². The summed E-state index contributed by atoms with van der Waals surface area (Å²) in [5.41, 5.74) is 1.97. The number of benzene rings is 2. The SMILES string of the molecule is CCC1=C2C=CN=C2C[NH+]1c1c2c(cc3c(=O)cc(C)oc13)C[C@@H](OOC[C@@](O)(Cc1ccc(O)cc1)[C@@H](O)[C@H](O)[C@H](O)CO)[C@@]1(CCC[C@@H]([C@H]3CNC(=O)C3)C1)O2. The summed E-state index contributed by atoms with van der Waals surface area (Å²) >= 11 is 0. The summed E-state index contributed by atoms with van der Waals surface area (Å²) in [5.74, 6) is 1.24. The minimum atomic E-state index is -2.25. The molecule has 2 fully saturated rings. The summed E-state index contributed by atoms with van der Waals surface area (Å²) in [6.45, 7) is 3.38. The Hall–Kier alpha value is -4.45. The van der Waals surface area contributed by atoms with Crippen LogP contribution < -0.4 is 20.4 Å². The predicted octanol–water partition coefficient (Wildman–Crippen LogP) is 1.34. The lowest BCUT2D eigenvalue weighted by atomic mass is 9.68. The third-order valence-corrected chi connectivity index (χ3v) is 12.8. The van der Waals surface area contributed by atoms with Crippen molar-refractivity contribution in [3.63, 3.8) is 0 Å². The van der Waals surface area contributed by atoms with Gasteiger partial charge in [-0.3, -0.25) is 19.5 Å². The number of rotatable bonds is 13. The minimum absolute atomic E-state index is 0.00933. The molecule has 310 valence electrons. The molecule has 15 nitrogen and oxygen atoms in total. The molecular weight excluding hydrogens is 750 g/mol. The molecular formula is C43H52N3O12+. The van der Waals surface area contributed by atoms with Crippen LogP contribution in [0.4, 0.5) is 5.69 Å². The van der Waals surface area contributed by atoms with Gasteiger partial charge in [0.15, 0.2) is 11.2 Å². The number of quaternary nitrogens is 1. The molecule has 5 aliphatic rings. The van der Waals surface area contributed by atoms with Crippen LogP contribution in [0.5, 0.6) is 11.5 Å². The predicted molar refractivity (Wildman–Crippen MR) is 209 cm³/mol. The van der Waals surface area contributed by atoms with Gasteiger partial charge in [0.1, 0.15) is 71.7 Å². The quantitative estimate of drug-likeness (QED) is 0.0906. The number of phenolic OH excluding ortho intramolecular Hbond substituents is 1. The molecule has 1 unspecified atom stereocenters. The van der Waals surface area contributed by atoms with Crippen molar-refractivity contribution in [3.05, 3.63) is 87.1 Å². The summed E-state index contributed by atoms with van der Waals surface area (Å²) < 4.78 is 13.8. The molecule has 4 aliphatic heterocycles. The van der Waals surface area contributed by atoms with Gasteiger partial charge in [-0.05, 0) is 74.3 Å². The van der Waals surface area contributed by atoms with Crippen molar-refractivity contribution in [1.82, 2.24) is 5.32 Å². The van der Waals surface area contributed by atoms with E-state index in [0.717, 1.165) is 34.7 Å². The van der Waals surface area contributed by atoms with Crippen LogP contribution in [0.2, 0.25) is 0 Å². The topological polar surface area (TPSA) is 225 Å². The molecule has 2 aromatic carbocycles. The van der Waals surface area contributed by atoms with Crippen LogP contribution in [0.1, 0.15) is 62.3 Å². The Balaban J connectivity index is 1.18. The monoisotopic (exact) mass is 802 g/mol. The van der Waals surface area contributed by atoms with Crippen molar-refractivity contribution >= 4 is 28.3 Å². The minimum Gasteiger partial charge on any atom is -0.508 e. The third kappa shape index (κ3) is 7.39. The van der Waals surface area contributed by atoms with Crippen LogP contribution in [0.25, 0.3) is 11.0 Å². The number of nitrogens with zero attached hydrogens (tertiary/aromatic N) is 1. The second-order valence-electron chi connectivity index (χ2n) is 16.6. The number of aryl methyl sites for hydroxylation is 1. The number of aliphatic hydroxyl groups excluding tert-OH is 4. The molecule has 3 aromatic rings. The Morgan fingerprint density at radius 3 is 2.64 bits per heavy atom. The van der Waals surface area contributed by atoms with Crippen LogP contribution >= 0.6 is 0 Å². The lowest BCUT2D eigenvalue weighted by Crippen LogP contribution is -3.04. The fourth-order valence-corrected chi connectivity index (χ4v) is 9.75. The van der Waals surface area contributed by atoms with E-state index < -0.39 is 48.8 Å². The fraction of sp³-hybridized carbons (Fsp3) is 0.512. The van der Waals surface area contributed by atoms with E-state index in [1.54, 1.807) is 19.2 Å². The number of aliphatic hydroxyl groups is 5. The molecule has 1 aliphatic carbocycles. The lowest BCUT2D eigenvalue weighted by Gasteiger charge is -2.49. The summed E-state index contributed by atoms with van der Waals surface area (Å²) in [7, 11) is 0. The number of hydrogen-bond donors (Lipinski definition) is 8. The zero-order chi connectivity index (χ0) is 40.9. The van der Waals surface area contributed by atoms with Gasteiger partial charge in [-0.2, -0.15) is 0 Å². The number of amides is 1. The number of ether oxygens (including phenoxy) is 1. The molecule has 8 rings (SSSR count). The highest BCUT2D eigenvalue weighted by molar-refractivity contribution is 6.07. The molecule has 1 amide bonds. The van der Waals surface area contributed by atoms with Crippen LogP contribution in [0, 0.1) is 18.8 Å². The largest absolute Gasteiger partial charge is 0.508 e. The molecule has 8 N–H and O–H groups in total. The molecule has 0 bridgehead atoms. The van der Waals surface area contributed by atoms with Crippen LogP contribution in [0.3, 0.4) is 0 Å². The maximum Gasteiger partial charge on any atom is 0.222 e. The van der Waals surface area contributed by atoms with E-state index in [1.807, 2.05) is 6.08 Å². The second kappa shape index (κ2) is 16.0. The van der Waals surface area contributed by atoms with Gasteiger partial charge >= 0.3 is 0 Å². The summed E-state index contributed by atoms with van der Waals surface area (Å²) in [5, 5.41) is 66.9. The first-order valence-electron chi connectivity index (χ1n) is 20.2. The number of phenols is 1. The van der Waals surface area contributed by atoms with Crippen LogP contribution in [-0.4, -0.2) is 104 Å². The van der Waals surface area contributed by atoms with Gasteiger partial charge in [-0.15, -0.1) is 0 Å². The first-order chi connectivity index (χ1) is 27.8. The Labute approximate surface area is 334 Å². The van der Waals surface area contributed by atoms with E-state index in [9.17, 15) is 40.2 Å². The van der Waals surface area contributed by atoms with Gasteiger partial charge < -0.3 is 45.1 Å². The Kier molecular flexibility index (Phi) is 11.1. The van der Waals surface area contributed by atoms with Crippen LogP contribution in [0.15, 0.2) is 74.1 Å². The molecule has 9 atom stereocenters. The Morgan fingerprint density at radius 2 is 1.91 bits per heavy atom. The summed E-state index contributed by atoms with van der Waals surface area (Å²) in [6, 6.07) is 9.14. The second-order valence-corrected chi connectivity index (χ2v) is 16.6. The van der Waals surface area contributed by atoms with Gasteiger partial charge in [0.2, 0.25) is 17.2 Å². The molecule has 1 saturated carbocycles. The fourth-order valence-electron chi connectivity index (χ4n) is 9.75. The molecule has 1 saturated heterocycles. The van der Waals surface area contributed by atoms with E-state index in [1.165, 1.54) is 30.3 Å². The van der Waals surface area contributed by atoms with Gasteiger partial charge in [0.25, 0.3) is 0 Å². The van der Waals surface area contributed by atoms with E-state index in [-0.39, 0.29) is 41.8 Å². The summed E-state index contributed by atoms with van der Waals surface area (Å²) in [6.07, 6.45) is 1.09. The number of carbonyl (C=O) groups is 1. The number of aromatic hydroxyl groups is 1. The van der Waals surface area contributed by atoms with Crippen molar-refractivity contribution in [2.24, 2.45) is 16.8 Å². The average Bonchev–Trinajstić information content (AvgIpc) is 3.94. The Bertz CT molecular complexity index is 2220. The van der Waals surface area contributed by atoms with Gasteiger partial charge in [-0.1, -0.05) is 19.1 Å². The first-order valence-corrected chi connectivity index (χ1v) is 20.2. The number of carbonyl (C=O) groups excluding carboxylic acids is 1. The third-order valence-electron chi connectivity index (χ3n) is 12.8. The van der Waals surface area contributed by atoms with E-state index >= 15 is 0 Å². The molecule has 0 radical (unpaired) electrons. The molecule has 5 heterocycles. The zero-order valence-electron chi connectivity index (χ0n) is 32.6. The lowest BCUT2D eigenvalue weighted by molar-refractivity contribution is -0.776. The first kappa shape index (κ1) is 40.3. The number of nitrogens with one attached hydrogen (secondary N) is 2. The Morgan fingerprint density at radius 1 is 1.12 bits per heavy atom. The standard InChI is InChI=1S/C43H51N3O12/c1-3-32-29-10-12-44-31(29)20-46(32)37-39-26(14-30-33(49)13-23(2)56-40(30)37)15-35(43(57-39)11-4-5-25(18-43)27-16-36(51)45-19-27)58-55-22-42(54,41(53)38(52)34(50)21-47)17-24-6-8-28(48)9-7-24/h6-10,12-14,25,27,34-35,38,41,47-48,50,52-54H,3-5,11,15-22H2,1-2H3,(H,45,51)/p+1/t25-,27-,34-,35-,38-,41+,42+,43+/m1/s1. The number of aliphatic imine (C=N–C) groups is 1. The van der Waals surface area contributed by atoms with Gasteiger partial charge in [0.05, 0.1) is 17.6 Å². The maximum absolute atomic E-state index is 13.7. The average molecular weight is 803 g/mol. The molecule has 1 aromatic heterocycles. The van der Waals surface area contributed by atoms with Crippen molar-refractivity contribution in [1.29, 1.82) is 0 Å².